The minimum Gasteiger partial charge on any atom is -0.457 e. The molecule has 5 aromatic carbocycles. The van der Waals surface area contributed by atoms with Gasteiger partial charge in [-0.25, -0.2) is 12.8 Å². The van der Waals surface area contributed by atoms with Gasteiger partial charge >= 0.3 is 0 Å². The molecule has 2 amide bonds. The van der Waals surface area contributed by atoms with E-state index in [1.54, 1.807) is 66.7 Å². The number of anilines is 1. The molecular weight excluding hydrogens is 654 g/mol. The van der Waals surface area contributed by atoms with Gasteiger partial charge in [0.25, 0.3) is 10.0 Å². The average Bonchev–Trinajstić information content (AvgIpc) is 3.10. The summed E-state index contributed by atoms with van der Waals surface area (Å²) in [7, 11) is -4.31. The number of nitrogens with zero attached hydrogens (tertiary/aromatic N) is 2. The van der Waals surface area contributed by atoms with E-state index in [0.717, 1.165) is 15.4 Å². The number of para-hydroxylation sites is 1. The number of amides is 2. The number of aryl methyl sites for hydroxylation is 1. The van der Waals surface area contributed by atoms with Crippen molar-refractivity contribution in [1.29, 1.82) is 0 Å². The average molecular weight is 694 g/mol. The zero-order valence-corrected chi connectivity index (χ0v) is 29.0. The lowest BCUT2D eigenvalue weighted by Gasteiger charge is -2.34. The molecule has 0 aliphatic rings. The van der Waals surface area contributed by atoms with E-state index >= 15 is 4.39 Å². The highest BCUT2D eigenvalue weighted by molar-refractivity contribution is 7.92. The van der Waals surface area contributed by atoms with Crippen molar-refractivity contribution in [2.45, 2.75) is 50.7 Å². The van der Waals surface area contributed by atoms with E-state index in [0.29, 0.717) is 11.5 Å². The molecule has 8 nitrogen and oxygen atoms in total. The monoisotopic (exact) mass is 693 g/mol. The Balaban J connectivity index is 1.56. The molecule has 0 spiro atoms. The molecule has 10 heteroatoms. The Hall–Kier alpha value is -5.48. The van der Waals surface area contributed by atoms with E-state index in [2.05, 4.69) is 5.32 Å². The van der Waals surface area contributed by atoms with Gasteiger partial charge in [-0.05, 0) is 80.9 Å². The van der Waals surface area contributed by atoms with E-state index in [9.17, 15) is 18.0 Å². The summed E-state index contributed by atoms with van der Waals surface area (Å²) < 4.78 is 50.7. The molecule has 0 aliphatic carbocycles. The van der Waals surface area contributed by atoms with Crippen LogP contribution in [-0.4, -0.2) is 43.8 Å². The maximum absolute atomic E-state index is 15.1. The van der Waals surface area contributed by atoms with Gasteiger partial charge in [0.1, 0.15) is 29.9 Å². The second-order valence-electron chi connectivity index (χ2n) is 12.2. The van der Waals surface area contributed by atoms with Crippen molar-refractivity contribution in [1.82, 2.24) is 10.2 Å². The van der Waals surface area contributed by atoms with Gasteiger partial charge in [0.05, 0.1) is 10.6 Å². The highest BCUT2D eigenvalue weighted by Gasteiger charge is 2.35. The molecule has 0 aliphatic heterocycles. The molecule has 0 aromatic heterocycles. The first-order valence-electron chi connectivity index (χ1n) is 16.3. The Labute approximate surface area is 293 Å². The predicted octanol–water partition coefficient (Wildman–Crippen LogP) is 7.29. The molecule has 5 rings (SSSR count). The van der Waals surface area contributed by atoms with Gasteiger partial charge in [0.15, 0.2) is 0 Å². The van der Waals surface area contributed by atoms with Crippen LogP contribution in [0.3, 0.4) is 0 Å². The SMILES string of the molecule is Cc1ccc(S(=O)(=O)N(CC(=O)N(Cc2ccccc2F)C(Cc2ccccc2)C(=O)NC(C)C)c2ccc(Oc3ccccc3)cc2)cc1. The Morgan fingerprint density at radius 2 is 1.34 bits per heavy atom. The molecule has 0 saturated carbocycles. The van der Waals surface area contributed by atoms with Crippen LogP contribution < -0.4 is 14.4 Å². The van der Waals surface area contributed by atoms with Crippen LogP contribution in [0.15, 0.2) is 138 Å². The highest BCUT2D eigenvalue weighted by atomic mass is 32.2. The first-order chi connectivity index (χ1) is 24.0. The van der Waals surface area contributed by atoms with E-state index in [1.807, 2.05) is 69.3 Å². The van der Waals surface area contributed by atoms with E-state index in [4.69, 9.17) is 4.74 Å². The third-order valence-corrected chi connectivity index (χ3v) is 9.78. The quantitative estimate of drug-likeness (QED) is 0.132. The smallest absolute Gasteiger partial charge is 0.264 e. The third-order valence-electron chi connectivity index (χ3n) is 7.99. The number of rotatable bonds is 14. The van der Waals surface area contributed by atoms with Crippen molar-refractivity contribution in [3.05, 3.63) is 156 Å². The summed E-state index contributed by atoms with van der Waals surface area (Å²) in [6, 6.07) is 35.7. The lowest BCUT2D eigenvalue weighted by Crippen LogP contribution is -2.54. The number of carbonyl (C=O) groups is 2. The molecular formula is C40H40FN3O5S. The number of carbonyl (C=O) groups excluding carboxylic acids is 2. The first-order valence-corrected chi connectivity index (χ1v) is 17.7. The number of nitrogens with one attached hydrogen (secondary N) is 1. The lowest BCUT2D eigenvalue weighted by molar-refractivity contribution is -0.140. The van der Waals surface area contributed by atoms with Gasteiger partial charge in [-0.3, -0.25) is 13.9 Å². The Morgan fingerprint density at radius 3 is 1.96 bits per heavy atom. The van der Waals surface area contributed by atoms with Gasteiger partial charge in [-0.1, -0.05) is 84.4 Å². The summed E-state index contributed by atoms with van der Waals surface area (Å²) >= 11 is 0. The molecule has 0 fully saturated rings. The largest absolute Gasteiger partial charge is 0.457 e. The second-order valence-corrected chi connectivity index (χ2v) is 14.1. The molecule has 0 bridgehead atoms. The standard InChI is InChI=1S/C40H40FN3O5S/c1-29(2)42-40(46)38(26-31-12-6-4-7-13-31)43(27-32-14-10-11-17-37(32)41)39(45)28-44(50(47,48)36-24-18-30(3)19-25-36)33-20-22-35(23-21-33)49-34-15-8-5-9-16-34/h4-25,29,38H,26-28H2,1-3H3,(H,42,46). The number of sulfonamides is 1. The van der Waals surface area contributed by atoms with Gasteiger partial charge in [-0.15, -0.1) is 0 Å². The molecule has 5 aromatic rings. The number of ether oxygens (including phenoxy) is 1. The van der Waals surface area contributed by atoms with Crippen LogP contribution in [0.1, 0.15) is 30.5 Å². The van der Waals surface area contributed by atoms with Crippen LogP contribution in [-0.2, 0) is 32.6 Å². The van der Waals surface area contributed by atoms with Crippen LogP contribution in [0.4, 0.5) is 10.1 Å². The van der Waals surface area contributed by atoms with Crippen LogP contribution in [0.25, 0.3) is 0 Å². The molecule has 0 heterocycles. The lowest BCUT2D eigenvalue weighted by atomic mass is 10.0. The van der Waals surface area contributed by atoms with Gasteiger partial charge in [-0.2, -0.15) is 0 Å². The molecule has 0 radical (unpaired) electrons. The molecule has 50 heavy (non-hydrogen) atoms. The number of halogens is 1. The normalized spacial score (nSPS) is 11.9. The summed E-state index contributed by atoms with van der Waals surface area (Å²) in [5.41, 5.74) is 2.04. The van der Waals surface area contributed by atoms with Crippen LogP contribution >= 0.6 is 0 Å². The summed E-state index contributed by atoms with van der Waals surface area (Å²) in [5.74, 6) is -0.607. The minimum absolute atomic E-state index is 0.0143. The molecule has 1 N–H and O–H groups in total. The van der Waals surface area contributed by atoms with Gasteiger partial charge < -0.3 is 15.0 Å². The van der Waals surface area contributed by atoms with Crippen LogP contribution in [0.2, 0.25) is 0 Å². The third kappa shape index (κ3) is 9.15. The van der Waals surface area contributed by atoms with Crippen molar-refractivity contribution in [3.8, 4) is 11.5 Å². The predicted molar refractivity (Wildman–Crippen MR) is 193 cm³/mol. The minimum atomic E-state index is -4.31. The highest BCUT2D eigenvalue weighted by Crippen LogP contribution is 2.29. The van der Waals surface area contributed by atoms with Crippen molar-refractivity contribution < 1.29 is 27.1 Å². The Morgan fingerprint density at radius 1 is 0.760 bits per heavy atom. The van der Waals surface area contributed by atoms with Crippen molar-refractivity contribution >= 4 is 27.5 Å². The zero-order valence-electron chi connectivity index (χ0n) is 28.2. The fourth-order valence-corrected chi connectivity index (χ4v) is 6.83. The maximum Gasteiger partial charge on any atom is 0.264 e. The summed E-state index contributed by atoms with van der Waals surface area (Å²) in [5, 5.41) is 2.90. The molecule has 1 unspecified atom stereocenters. The fourth-order valence-electron chi connectivity index (χ4n) is 5.42. The van der Waals surface area contributed by atoms with Crippen molar-refractivity contribution in [3.63, 3.8) is 0 Å². The Bertz CT molecular complexity index is 1990. The number of hydrogen-bond donors (Lipinski definition) is 1. The molecule has 258 valence electrons. The second kappa shape index (κ2) is 16.3. The summed E-state index contributed by atoms with van der Waals surface area (Å²) in [6.07, 6.45) is 0.121. The number of benzene rings is 5. The first kappa shape index (κ1) is 35.8. The molecule has 1 atom stereocenters. The molecule has 0 saturated heterocycles. The van der Waals surface area contributed by atoms with E-state index < -0.39 is 40.2 Å². The van der Waals surface area contributed by atoms with Crippen LogP contribution in [0, 0.1) is 12.7 Å². The number of hydrogen-bond acceptors (Lipinski definition) is 5. The Kier molecular flexibility index (Phi) is 11.7. The van der Waals surface area contributed by atoms with E-state index in [1.165, 1.54) is 23.1 Å². The topological polar surface area (TPSA) is 96.0 Å². The fraction of sp³-hybridized carbons (Fsp3) is 0.200. The van der Waals surface area contributed by atoms with Gasteiger partial charge in [0.2, 0.25) is 11.8 Å². The van der Waals surface area contributed by atoms with Crippen LogP contribution in [0.5, 0.6) is 11.5 Å². The van der Waals surface area contributed by atoms with Gasteiger partial charge in [0, 0.05) is 24.6 Å². The van der Waals surface area contributed by atoms with Crippen molar-refractivity contribution in [2.75, 3.05) is 10.8 Å². The zero-order chi connectivity index (χ0) is 35.7. The summed E-state index contributed by atoms with van der Waals surface area (Å²) in [6.45, 7) is 4.53. The summed E-state index contributed by atoms with van der Waals surface area (Å²) in [4.78, 5) is 29.7. The maximum atomic E-state index is 15.1. The van der Waals surface area contributed by atoms with E-state index in [-0.39, 0.29) is 35.2 Å². The van der Waals surface area contributed by atoms with Crippen molar-refractivity contribution in [2.24, 2.45) is 0 Å².